The Labute approximate surface area is 152 Å². The third kappa shape index (κ3) is 3.41. The maximum absolute atomic E-state index is 12.7. The molecule has 0 saturated carbocycles. The van der Waals surface area contributed by atoms with Crippen molar-refractivity contribution in [3.8, 4) is 17.1 Å². The van der Waals surface area contributed by atoms with Gasteiger partial charge >= 0.3 is 5.69 Å². The zero-order valence-corrected chi connectivity index (χ0v) is 14.1. The summed E-state index contributed by atoms with van der Waals surface area (Å²) in [5, 5.41) is 4.16. The fourth-order valence-corrected chi connectivity index (χ4v) is 2.75. The smallest absolute Gasteiger partial charge is 0.337 e. The van der Waals surface area contributed by atoms with E-state index in [0.717, 1.165) is 17.4 Å². The highest BCUT2D eigenvalue weighted by atomic mass is 19.3. The number of hydrogen-bond acceptors (Lipinski definition) is 3. The number of hydrogen-bond donors (Lipinski definition) is 1. The summed E-state index contributed by atoms with van der Waals surface area (Å²) in [4.78, 5) is 19.1. The largest absolute Gasteiger partial charge is 0.350 e. The fourth-order valence-electron chi connectivity index (χ4n) is 2.75. The molecule has 8 heteroatoms. The number of aromatic amines is 1. The van der Waals surface area contributed by atoms with Gasteiger partial charge in [0.2, 0.25) is 0 Å². The molecule has 0 fully saturated rings. The zero-order chi connectivity index (χ0) is 18.8. The first-order chi connectivity index (χ1) is 13.1. The van der Waals surface area contributed by atoms with Gasteiger partial charge in [0.05, 0.1) is 18.4 Å². The summed E-state index contributed by atoms with van der Waals surface area (Å²) in [6.07, 6.45) is 0.0295. The first-order valence-electron chi connectivity index (χ1n) is 8.24. The Kier molecular flexibility index (Phi) is 4.37. The highest BCUT2D eigenvalue weighted by molar-refractivity contribution is 5.55. The molecule has 2 heterocycles. The van der Waals surface area contributed by atoms with Gasteiger partial charge < -0.3 is 4.98 Å². The van der Waals surface area contributed by atoms with Gasteiger partial charge in [-0.2, -0.15) is 5.10 Å². The molecule has 1 N–H and O–H groups in total. The molecular formula is C19H15F2N5O. The molecule has 0 spiro atoms. The molecule has 0 aliphatic heterocycles. The van der Waals surface area contributed by atoms with Crippen molar-refractivity contribution < 1.29 is 8.78 Å². The van der Waals surface area contributed by atoms with E-state index in [0.29, 0.717) is 17.9 Å². The van der Waals surface area contributed by atoms with E-state index in [1.54, 1.807) is 12.1 Å². The van der Waals surface area contributed by atoms with Gasteiger partial charge in [-0.25, -0.2) is 27.8 Å². The van der Waals surface area contributed by atoms with E-state index in [9.17, 15) is 13.6 Å². The van der Waals surface area contributed by atoms with E-state index in [1.165, 1.54) is 15.6 Å². The lowest BCUT2D eigenvalue weighted by Crippen LogP contribution is -2.24. The van der Waals surface area contributed by atoms with Gasteiger partial charge in [0, 0.05) is 5.56 Å². The minimum Gasteiger partial charge on any atom is -0.337 e. The summed E-state index contributed by atoms with van der Waals surface area (Å²) in [5.41, 5.74) is 1.84. The number of halogens is 2. The molecule has 27 heavy (non-hydrogen) atoms. The fraction of sp³-hybridized carbons (Fsp3) is 0.105. The lowest BCUT2D eigenvalue weighted by Gasteiger charge is -2.03. The monoisotopic (exact) mass is 367 g/mol. The van der Waals surface area contributed by atoms with E-state index in [2.05, 4.69) is 15.1 Å². The molecule has 6 nitrogen and oxygen atoms in total. The first-order valence-corrected chi connectivity index (χ1v) is 8.24. The molecule has 4 rings (SSSR count). The summed E-state index contributed by atoms with van der Waals surface area (Å²) in [5.74, 6) is 0.377. The number of H-pyrrole nitrogens is 1. The highest BCUT2D eigenvalue weighted by Crippen LogP contribution is 2.21. The number of rotatable bonds is 5. The molecule has 0 atom stereocenters. The number of benzene rings is 2. The Morgan fingerprint density at radius 3 is 2.44 bits per heavy atom. The van der Waals surface area contributed by atoms with Crippen LogP contribution in [0, 0.1) is 0 Å². The molecule has 2 aromatic carbocycles. The average Bonchev–Trinajstić information content (AvgIpc) is 3.31. The van der Waals surface area contributed by atoms with Crippen LogP contribution in [-0.2, 0) is 6.54 Å². The minimum absolute atomic E-state index is 0.216. The van der Waals surface area contributed by atoms with Crippen molar-refractivity contribution in [2.45, 2.75) is 13.0 Å². The maximum Gasteiger partial charge on any atom is 0.350 e. The molecule has 0 aliphatic carbocycles. The van der Waals surface area contributed by atoms with Crippen molar-refractivity contribution in [1.29, 1.82) is 0 Å². The molecule has 0 amide bonds. The first kappa shape index (κ1) is 16.9. The summed E-state index contributed by atoms with van der Waals surface area (Å²) in [6, 6.07) is 16.4. The van der Waals surface area contributed by atoms with Crippen molar-refractivity contribution in [1.82, 2.24) is 24.3 Å². The normalized spacial score (nSPS) is 11.2. The summed E-state index contributed by atoms with van der Waals surface area (Å²) < 4.78 is 28.1. The Morgan fingerprint density at radius 2 is 1.78 bits per heavy atom. The van der Waals surface area contributed by atoms with E-state index < -0.39 is 6.43 Å². The van der Waals surface area contributed by atoms with Gasteiger partial charge in [-0.3, -0.25) is 0 Å². The van der Waals surface area contributed by atoms with Gasteiger partial charge in [-0.05, 0) is 17.7 Å². The number of para-hydroxylation sites is 1. The van der Waals surface area contributed by atoms with Crippen molar-refractivity contribution >= 4 is 0 Å². The number of alkyl halides is 2. The molecule has 0 bridgehead atoms. The second kappa shape index (κ2) is 6.99. The summed E-state index contributed by atoms with van der Waals surface area (Å²) in [6.45, 7) is 0.305. The van der Waals surface area contributed by atoms with Crippen molar-refractivity contribution in [2.24, 2.45) is 0 Å². The quantitative estimate of drug-likeness (QED) is 0.588. The minimum atomic E-state index is -2.59. The van der Waals surface area contributed by atoms with Gasteiger partial charge in [0.25, 0.3) is 6.43 Å². The van der Waals surface area contributed by atoms with Gasteiger partial charge in [-0.15, -0.1) is 0 Å². The van der Waals surface area contributed by atoms with Crippen molar-refractivity contribution in [3.63, 3.8) is 0 Å². The molecule has 0 saturated heterocycles. The van der Waals surface area contributed by atoms with E-state index in [1.807, 2.05) is 42.5 Å². The standard InChI is InChI=1S/C19H15F2N5O/c20-17(21)16-10-22-18(24-16)14-8-6-13(7-9-14)11-26-19(27)25(12-23-26)15-4-2-1-3-5-15/h1-10,12,17H,11H2,(H,22,24). The Hall–Kier alpha value is -3.55. The SMILES string of the molecule is O=c1n(-c2ccccc2)cnn1Cc1ccc(-c2ncc(C(F)F)[nH]2)cc1. The average molecular weight is 367 g/mol. The second-order valence-electron chi connectivity index (χ2n) is 5.96. The van der Waals surface area contributed by atoms with Crippen LogP contribution in [0.25, 0.3) is 17.1 Å². The van der Waals surface area contributed by atoms with Crippen LogP contribution in [-0.4, -0.2) is 24.3 Å². The number of imidazole rings is 1. The Balaban J connectivity index is 1.54. The van der Waals surface area contributed by atoms with Crippen LogP contribution in [0.4, 0.5) is 8.78 Å². The molecular weight excluding hydrogens is 352 g/mol. The van der Waals surface area contributed by atoms with E-state index in [-0.39, 0.29) is 11.4 Å². The van der Waals surface area contributed by atoms with E-state index in [4.69, 9.17) is 0 Å². The van der Waals surface area contributed by atoms with Crippen LogP contribution in [0.15, 0.2) is 71.9 Å². The Morgan fingerprint density at radius 1 is 1.04 bits per heavy atom. The molecule has 2 aromatic heterocycles. The Bertz CT molecular complexity index is 1100. The summed E-state index contributed by atoms with van der Waals surface area (Å²) in [7, 11) is 0. The third-order valence-corrected chi connectivity index (χ3v) is 4.16. The maximum atomic E-state index is 12.7. The van der Waals surface area contributed by atoms with Gasteiger partial charge in [0.15, 0.2) is 0 Å². The van der Waals surface area contributed by atoms with Gasteiger partial charge in [0.1, 0.15) is 17.8 Å². The van der Waals surface area contributed by atoms with Crippen molar-refractivity contribution in [2.75, 3.05) is 0 Å². The van der Waals surface area contributed by atoms with Crippen LogP contribution in [0.2, 0.25) is 0 Å². The number of nitrogens with one attached hydrogen (secondary N) is 1. The van der Waals surface area contributed by atoms with Crippen LogP contribution in [0.1, 0.15) is 17.7 Å². The molecule has 4 aromatic rings. The van der Waals surface area contributed by atoms with Gasteiger partial charge in [-0.1, -0.05) is 42.5 Å². The van der Waals surface area contributed by atoms with E-state index >= 15 is 0 Å². The topological polar surface area (TPSA) is 68.5 Å². The molecule has 136 valence electrons. The number of nitrogens with zero attached hydrogens (tertiary/aromatic N) is 4. The summed E-state index contributed by atoms with van der Waals surface area (Å²) >= 11 is 0. The third-order valence-electron chi connectivity index (χ3n) is 4.16. The predicted octanol–water partition coefficient (Wildman–Crippen LogP) is 3.41. The van der Waals surface area contributed by atoms with Crippen LogP contribution >= 0.6 is 0 Å². The van der Waals surface area contributed by atoms with Crippen LogP contribution in [0.5, 0.6) is 0 Å². The predicted molar refractivity (Wildman–Crippen MR) is 95.9 cm³/mol. The second-order valence-corrected chi connectivity index (χ2v) is 5.96. The molecule has 0 unspecified atom stereocenters. The highest BCUT2D eigenvalue weighted by Gasteiger charge is 2.12. The zero-order valence-electron chi connectivity index (χ0n) is 14.1. The molecule has 0 aliphatic rings. The lowest BCUT2D eigenvalue weighted by molar-refractivity contribution is 0.146. The molecule has 0 radical (unpaired) electrons. The lowest BCUT2D eigenvalue weighted by atomic mass is 10.1. The van der Waals surface area contributed by atoms with Crippen LogP contribution in [0.3, 0.4) is 0 Å². The van der Waals surface area contributed by atoms with Crippen molar-refractivity contribution in [3.05, 3.63) is 88.9 Å². The van der Waals surface area contributed by atoms with Crippen LogP contribution < -0.4 is 5.69 Å². The number of aromatic nitrogens is 5.